The highest BCUT2D eigenvalue weighted by atomic mass is 32.1. The molecule has 0 aliphatic heterocycles. The Bertz CT molecular complexity index is 221. The quantitative estimate of drug-likeness (QED) is 0.674. The van der Waals surface area contributed by atoms with Crippen molar-refractivity contribution >= 4 is 11.3 Å². The first-order chi connectivity index (χ1) is 6.08. The average molecular weight is 198 g/mol. The third-order valence-corrected chi connectivity index (χ3v) is 2.54. The molecule has 1 nitrogen and oxygen atoms in total. The van der Waals surface area contributed by atoms with Crippen molar-refractivity contribution in [1.29, 1.82) is 0 Å². The van der Waals surface area contributed by atoms with Gasteiger partial charge in [0.1, 0.15) is 0 Å². The number of hydrogen-bond acceptors (Lipinski definition) is 2. The molecule has 2 heteroatoms. The summed E-state index contributed by atoms with van der Waals surface area (Å²) in [6.07, 6.45) is 1.05. The topological polar surface area (TPSA) is 9.23 Å². The van der Waals surface area contributed by atoms with Gasteiger partial charge in [-0.3, -0.25) is 0 Å². The maximum Gasteiger partial charge on any atom is 0.0514 e. The van der Waals surface area contributed by atoms with E-state index in [1.807, 2.05) is 0 Å². The van der Waals surface area contributed by atoms with Crippen LogP contribution in [0.3, 0.4) is 0 Å². The van der Waals surface area contributed by atoms with E-state index in [-0.39, 0.29) is 5.41 Å². The molecule has 0 bridgehead atoms. The van der Waals surface area contributed by atoms with Gasteiger partial charge < -0.3 is 4.74 Å². The second kappa shape index (κ2) is 4.77. The summed E-state index contributed by atoms with van der Waals surface area (Å²) in [5.74, 6) is 0. The van der Waals surface area contributed by atoms with Gasteiger partial charge >= 0.3 is 0 Å². The lowest BCUT2D eigenvalue weighted by Crippen LogP contribution is -2.15. The van der Waals surface area contributed by atoms with E-state index < -0.39 is 0 Å². The summed E-state index contributed by atoms with van der Waals surface area (Å²) in [6.45, 7) is 8.27. The normalized spacial score (nSPS) is 11.9. The van der Waals surface area contributed by atoms with Crippen molar-refractivity contribution < 1.29 is 4.74 Å². The minimum Gasteiger partial charge on any atom is -0.381 e. The molecular weight excluding hydrogens is 180 g/mol. The molecule has 0 saturated carbocycles. The zero-order valence-electron chi connectivity index (χ0n) is 8.67. The van der Waals surface area contributed by atoms with Crippen LogP contribution in [0.2, 0.25) is 0 Å². The highest BCUT2D eigenvalue weighted by Gasteiger charge is 2.09. The summed E-state index contributed by atoms with van der Waals surface area (Å²) in [6, 6.07) is 4.24. The Labute approximate surface area is 84.7 Å². The van der Waals surface area contributed by atoms with E-state index in [0.29, 0.717) is 0 Å². The van der Waals surface area contributed by atoms with Gasteiger partial charge in [-0.1, -0.05) is 26.8 Å². The van der Waals surface area contributed by atoms with Crippen LogP contribution in [0.4, 0.5) is 0 Å². The highest BCUT2D eigenvalue weighted by molar-refractivity contribution is 7.09. The lowest BCUT2D eigenvalue weighted by atomic mass is 9.99. The smallest absolute Gasteiger partial charge is 0.0514 e. The molecule has 0 fully saturated rings. The Kier molecular flexibility index (Phi) is 3.94. The zero-order valence-corrected chi connectivity index (χ0v) is 9.49. The second-order valence-corrected chi connectivity index (χ2v) is 5.47. The minimum absolute atomic E-state index is 0.287. The summed E-state index contributed by atoms with van der Waals surface area (Å²) < 4.78 is 5.58. The van der Waals surface area contributed by atoms with Gasteiger partial charge in [-0.15, -0.1) is 11.3 Å². The molecule has 13 heavy (non-hydrogen) atoms. The molecule has 0 saturated heterocycles. The monoisotopic (exact) mass is 198 g/mol. The molecule has 1 heterocycles. The summed E-state index contributed by atoms with van der Waals surface area (Å²) in [5, 5.41) is 2.11. The predicted octanol–water partition coefficient (Wildman–Crippen LogP) is 3.35. The van der Waals surface area contributed by atoms with Crippen molar-refractivity contribution in [3.8, 4) is 0 Å². The Hall–Kier alpha value is -0.340. The number of rotatable bonds is 4. The van der Waals surface area contributed by atoms with Gasteiger partial charge in [0.15, 0.2) is 0 Å². The summed E-state index contributed by atoms with van der Waals surface area (Å²) in [7, 11) is 0. The first-order valence-corrected chi connectivity index (χ1v) is 5.56. The zero-order chi connectivity index (χ0) is 9.73. The molecular formula is C11H18OS. The van der Waals surface area contributed by atoms with Gasteiger partial charge in [-0.2, -0.15) is 0 Å². The van der Waals surface area contributed by atoms with Crippen LogP contribution < -0.4 is 0 Å². The fraction of sp³-hybridized carbons (Fsp3) is 0.636. The molecule has 74 valence electrons. The Balaban J connectivity index is 2.09. The van der Waals surface area contributed by atoms with Gasteiger partial charge in [-0.05, 0) is 16.9 Å². The summed E-state index contributed by atoms with van der Waals surface area (Å²) in [4.78, 5) is 1.41. The van der Waals surface area contributed by atoms with Crippen LogP contribution in [0.15, 0.2) is 17.5 Å². The van der Waals surface area contributed by atoms with Crippen LogP contribution >= 0.6 is 11.3 Å². The van der Waals surface area contributed by atoms with Crippen LogP contribution in [-0.4, -0.2) is 13.2 Å². The fourth-order valence-electron chi connectivity index (χ4n) is 1.01. The molecule has 0 N–H and O–H groups in total. The molecule has 0 aromatic carbocycles. The van der Waals surface area contributed by atoms with Crippen LogP contribution in [0.5, 0.6) is 0 Å². The van der Waals surface area contributed by atoms with Crippen molar-refractivity contribution in [1.82, 2.24) is 0 Å². The van der Waals surface area contributed by atoms with Gasteiger partial charge in [-0.25, -0.2) is 0 Å². The largest absolute Gasteiger partial charge is 0.381 e. The van der Waals surface area contributed by atoms with E-state index in [1.54, 1.807) is 11.3 Å². The van der Waals surface area contributed by atoms with Crippen molar-refractivity contribution in [2.75, 3.05) is 13.2 Å². The minimum atomic E-state index is 0.287. The van der Waals surface area contributed by atoms with E-state index in [9.17, 15) is 0 Å². The van der Waals surface area contributed by atoms with Gasteiger partial charge in [0.2, 0.25) is 0 Å². The predicted molar refractivity (Wildman–Crippen MR) is 58.3 cm³/mol. The highest BCUT2D eigenvalue weighted by Crippen LogP contribution is 2.14. The average Bonchev–Trinajstić information content (AvgIpc) is 2.48. The first kappa shape index (κ1) is 10.7. The van der Waals surface area contributed by atoms with Crippen LogP contribution in [-0.2, 0) is 11.2 Å². The molecule has 0 radical (unpaired) electrons. The molecule has 0 amide bonds. The summed E-state index contributed by atoms with van der Waals surface area (Å²) in [5.41, 5.74) is 0.287. The molecule has 0 unspecified atom stereocenters. The molecule has 0 atom stereocenters. The lowest BCUT2D eigenvalue weighted by Gasteiger charge is -2.17. The van der Waals surface area contributed by atoms with Gasteiger partial charge in [0.05, 0.1) is 13.2 Å². The molecule has 0 aliphatic rings. The molecule has 1 aromatic rings. The van der Waals surface area contributed by atoms with E-state index in [1.165, 1.54) is 4.88 Å². The third kappa shape index (κ3) is 5.06. The van der Waals surface area contributed by atoms with Gasteiger partial charge in [0, 0.05) is 11.3 Å². The number of hydrogen-bond donors (Lipinski definition) is 0. The van der Waals surface area contributed by atoms with E-state index in [2.05, 4.69) is 38.3 Å². The Morgan fingerprint density at radius 2 is 2.15 bits per heavy atom. The Morgan fingerprint density at radius 1 is 1.38 bits per heavy atom. The van der Waals surface area contributed by atoms with Crippen molar-refractivity contribution in [2.45, 2.75) is 27.2 Å². The maximum absolute atomic E-state index is 5.58. The molecule has 0 spiro atoms. The second-order valence-electron chi connectivity index (χ2n) is 4.44. The van der Waals surface area contributed by atoms with Crippen molar-refractivity contribution in [2.24, 2.45) is 5.41 Å². The standard InChI is InChI=1S/C11H18OS/c1-11(2,3)9-12-7-6-10-5-4-8-13-10/h4-5,8H,6-7,9H2,1-3H3. The SMILES string of the molecule is CC(C)(C)COCCc1cccs1. The van der Waals surface area contributed by atoms with Crippen LogP contribution in [0.25, 0.3) is 0 Å². The number of thiophene rings is 1. The van der Waals surface area contributed by atoms with E-state index in [0.717, 1.165) is 19.6 Å². The van der Waals surface area contributed by atoms with Crippen molar-refractivity contribution in [3.63, 3.8) is 0 Å². The third-order valence-electron chi connectivity index (χ3n) is 1.61. The number of ether oxygens (including phenoxy) is 1. The van der Waals surface area contributed by atoms with Crippen LogP contribution in [0.1, 0.15) is 25.6 Å². The lowest BCUT2D eigenvalue weighted by molar-refractivity contribution is 0.0736. The van der Waals surface area contributed by atoms with Crippen molar-refractivity contribution in [3.05, 3.63) is 22.4 Å². The van der Waals surface area contributed by atoms with Crippen LogP contribution in [0, 0.1) is 5.41 Å². The van der Waals surface area contributed by atoms with Gasteiger partial charge in [0.25, 0.3) is 0 Å². The van der Waals surface area contributed by atoms with E-state index in [4.69, 9.17) is 4.74 Å². The fourth-order valence-corrected chi connectivity index (χ4v) is 1.70. The molecule has 1 rings (SSSR count). The first-order valence-electron chi connectivity index (χ1n) is 4.68. The van der Waals surface area contributed by atoms with E-state index >= 15 is 0 Å². The Morgan fingerprint density at radius 3 is 2.69 bits per heavy atom. The summed E-state index contributed by atoms with van der Waals surface area (Å²) >= 11 is 1.80. The maximum atomic E-state index is 5.58. The molecule has 0 aliphatic carbocycles. The molecule has 1 aromatic heterocycles.